The van der Waals surface area contributed by atoms with Gasteiger partial charge >= 0.3 is 0 Å². The molecular weight excluding hydrogens is 500 g/mol. The number of rotatable bonds is 15. The van der Waals surface area contributed by atoms with Crippen LogP contribution in [0.5, 0.6) is 5.75 Å². The Morgan fingerprint density at radius 1 is 0.667 bits per heavy atom. The minimum absolute atomic E-state index is 0.342. The molecule has 0 atom stereocenters. The number of phenolic OH excluding ortho intramolecular Hbond substituents is 1. The van der Waals surface area contributed by atoms with E-state index in [0.717, 1.165) is 32.9 Å². The summed E-state index contributed by atoms with van der Waals surface area (Å²) in [4.78, 5) is 0. The third-order valence-corrected chi connectivity index (χ3v) is 7.21. The Bertz CT molecular complexity index is 727. The smallest absolute Gasteiger partial charge is 0.137 e. The Morgan fingerprint density at radius 3 is 1.70 bits per heavy atom. The van der Waals surface area contributed by atoms with E-state index in [9.17, 15) is 5.11 Å². The third kappa shape index (κ3) is 8.75. The van der Waals surface area contributed by atoms with Crippen LogP contribution in [-0.4, -0.2) is 5.11 Å². The van der Waals surface area contributed by atoms with Crippen LogP contribution in [0, 0.1) is 0 Å². The van der Waals surface area contributed by atoms with Crippen LogP contribution in [0.1, 0.15) is 96.0 Å². The number of halogens is 2. The molecule has 30 heavy (non-hydrogen) atoms. The molecule has 0 saturated heterocycles. The van der Waals surface area contributed by atoms with Gasteiger partial charge in [-0.1, -0.05) is 130 Å². The molecule has 3 heteroatoms. The van der Waals surface area contributed by atoms with Crippen molar-refractivity contribution >= 4 is 31.9 Å². The van der Waals surface area contributed by atoms with Gasteiger partial charge in [0.2, 0.25) is 0 Å². The molecule has 1 N–H and O–H groups in total. The molecule has 0 aliphatic rings. The van der Waals surface area contributed by atoms with Crippen molar-refractivity contribution in [3.05, 3.63) is 50.9 Å². The van der Waals surface area contributed by atoms with E-state index in [-0.39, 0.29) is 0 Å². The second-order valence-electron chi connectivity index (χ2n) is 8.40. The Labute approximate surface area is 200 Å². The molecule has 0 fully saturated rings. The monoisotopic (exact) mass is 536 g/mol. The molecule has 0 bridgehead atoms. The number of aromatic hydroxyl groups is 1. The van der Waals surface area contributed by atoms with E-state index in [1.165, 1.54) is 82.6 Å². The summed E-state index contributed by atoms with van der Waals surface area (Å²) in [7, 11) is 0. The highest BCUT2D eigenvalue weighted by Crippen LogP contribution is 2.42. The van der Waals surface area contributed by atoms with E-state index in [1.54, 1.807) is 0 Å². The van der Waals surface area contributed by atoms with Crippen molar-refractivity contribution in [3.8, 4) is 16.9 Å². The molecular formula is C27H38Br2O. The molecule has 0 aromatic heterocycles. The van der Waals surface area contributed by atoms with Gasteiger partial charge in [-0.2, -0.15) is 0 Å². The molecule has 166 valence electrons. The second kappa shape index (κ2) is 15.1. The molecule has 0 unspecified atom stereocenters. The van der Waals surface area contributed by atoms with Crippen LogP contribution in [0.4, 0.5) is 0 Å². The summed E-state index contributed by atoms with van der Waals surface area (Å²) in [5.74, 6) is 0.342. The predicted octanol–water partition coefficient (Wildman–Crippen LogP) is 10.2. The van der Waals surface area contributed by atoms with Crippen molar-refractivity contribution < 1.29 is 5.11 Å². The highest BCUT2D eigenvalue weighted by molar-refractivity contribution is 9.11. The largest absolute Gasteiger partial charge is 0.506 e. The van der Waals surface area contributed by atoms with E-state index in [1.807, 2.05) is 24.3 Å². The Kier molecular flexibility index (Phi) is 12.8. The fraction of sp³-hybridized carbons (Fsp3) is 0.556. The maximum absolute atomic E-state index is 10.7. The summed E-state index contributed by atoms with van der Waals surface area (Å²) in [5, 5.41) is 10.7. The van der Waals surface area contributed by atoms with Crippen LogP contribution >= 0.6 is 31.9 Å². The van der Waals surface area contributed by atoms with Crippen molar-refractivity contribution in [2.75, 3.05) is 0 Å². The average Bonchev–Trinajstić information content (AvgIpc) is 2.75. The molecule has 2 aromatic rings. The van der Waals surface area contributed by atoms with Crippen molar-refractivity contribution in [1.29, 1.82) is 0 Å². The van der Waals surface area contributed by atoms with Gasteiger partial charge < -0.3 is 5.11 Å². The Hall–Kier alpha value is -0.800. The lowest BCUT2D eigenvalue weighted by atomic mass is 9.94. The fourth-order valence-corrected chi connectivity index (χ4v) is 5.49. The van der Waals surface area contributed by atoms with Crippen molar-refractivity contribution in [2.45, 2.75) is 96.8 Å². The first-order valence-corrected chi connectivity index (χ1v) is 13.5. The molecule has 0 aliphatic carbocycles. The zero-order valence-corrected chi connectivity index (χ0v) is 21.7. The summed E-state index contributed by atoms with van der Waals surface area (Å²) in [6, 6.07) is 12.2. The van der Waals surface area contributed by atoms with E-state index in [0.29, 0.717) is 5.75 Å². The molecule has 0 amide bonds. The molecule has 0 aliphatic heterocycles. The number of phenols is 1. The average molecular weight is 538 g/mol. The molecule has 2 aromatic carbocycles. The summed E-state index contributed by atoms with van der Waals surface area (Å²) in [6.07, 6.45) is 18.7. The lowest BCUT2D eigenvalue weighted by Crippen LogP contribution is -1.95. The number of hydrogen-bond acceptors (Lipinski definition) is 1. The minimum atomic E-state index is 0.342. The first kappa shape index (κ1) is 25.5. The molecule has 2 rings (SSSR count). The van der Waals surface area contributed by atoms with Crippen LogP contribution in [0.15, 0.2) is 45.3 Å². The summed E-state index contributed by atoms with van der Waals surface area (Å²) in [5.41, 5.74) is 3.24. The van der Waals surface area contributed by atoms with Gasteiger partial charge in [0.05, 0.1) is 4.47 Å². The van der Waals surface area contributed by atoms with Gasteiger partial charge in [0.25, 0.3) is 0 Å². The first-order valence-electron chi connectivity index (χ1n) is 11.9. The quantitative estimate of drug-likeness (QED) is 0.224. The molecule has 1 nitrogen and oxygen atoms in total. The van der Waals surface area contributed by atoms with Crippen LogP contribution in [0.3, 0.4) is 0 Å². The number of hydrogen-bond donors (Lipinski definition) is 1. The number of unbranched alkanes of at least 4 members (excludes halogenated alkanes) is 12. The van der Waals surface area contributed by atoms with Crippen molar-refractivity contribution in [1.82, 2.24) is 0 Å². The third-order valence-electron chi connectivity index (χ3n) is 5.90. The molecule has 0 radical (unpaired) electrons. The summed E-state index contributed by atoms with van der Waals surface area (Å²) >= 11 is 7.22. The van der Waals surface area contributed by atoms with Gasteiger partial charge in [-0.25, -0.2) is 0 Å². The van der Waals surface area contributed by atoms with Gasteiger partial charge in [-0.15, -0.1) is 0 Å². The van der Waals surface area contributed by atoms with E-state index in [4.69, 9.17) is 0 Å². The number of benzene rings is 2. The summed E-state index contributed by atoms with van der Waals surface area (Å²) < 4.78 is 1.81. The van der Waals surface area contributed by atoms with E-state index >= 15 is 0 Å². The van der Waals surface area contributed by atoms with Gasteiger partial charge in [0.15, 0.2) is 0 Å². The molecule has 0 heterocycles. The Morgan fingerprint density at radius 2 is 1.17 bits per heavy atom. The zero-order valence-electron chi connectivity index (χ0n) is 18.6. The van der Waals surface area contributed by atoms with Gasteiger partial charge in [-0.05, 0) is 46.0 Å². The lowest BCUT2D eigenvalue weighted by molar-refractivity contribution is 0.473. The Balaban J connectivity index is 1.70. The summed E-state index contributed by atoms with van der Waals surface area (Å²) in [6.45, 7) is 2.28. The molecule has 0 saturated carbocycles. The standard InChI is InChI=1S/C27H38Br2O/c1-2-3-4-5-6-7-8-9-10-11-12-13-17-20-23-24(28)21-25(29)27(30)26(23)22-18-15-14-16-19-22/h14-16,18-19,21,30H,2-13,17,20H2,1H3. The van der Waals surface area contributed by atoms with Crippen LogP contribution in [-0.2, 0) is 6.42 Å². The highest BCUT2D eigenvalue weighted by Gasteiger charge is 2.16. The highest BCUT2D eigenvalue weighted by atomic mass is 79.9. The van der Waals surface area contributed by atoms with Gasteiger partial charge in [0.1, 0.15) is 5.75 Å². The topological polar surface area (TPSA) is 20.2 Å². The fourth-order valence-electron chi connectivity index (χ4n) is 4.13. The van der Waals surface area contributed by atoms with Crippen LogP contribution < -0.4 is 0 Å². The van der Waals surface area contributed by atoms with Crippen molar-refractivity contribution in [2.24, 2.45) is 0 Å². The van der Waals surface area contributed by atoms with Gasteiger partial charge in [-0.3, -0.25) is 0 Å². The van der Waals surface area contributed by atoms with E-state index in [2.05, 4.69) is 50.9 Å². The second-order valence-corrected chi connectivity index (χ2v) is 10.1. The van der Waals surface area contributed by atoms with Gasteiger partial charge in [0, 0.05) is 10.0 Å². The zero-order chi connectivity index (χ0) is 21.6. The predicted molar refractivity (Wildman–Crippen MR) is 138 cm³/mol. The first-order chi connectivity index (χ1) is 14.6. The SMILES string of the molecule is CCCCCCCCCCCCCCCc1c(Br)cc(Br)c(O)c1-c1ccccc1. The van der Waals surface area contributed by atoms with Crippen LogP contribution in [0.2, 0.25) is 0 Å². The van der Waals surface area contributed by atoms with Crippen LogP contribution in [0.25, 0.3) is 11.1 Å². The van der Waals surface area contributed by atoms with E-state index < -0.39 is 0 Å². The lowest BCUT2D eigenvalue weighted by Gasteiger charge is -2.15. The molecule has 0 spiro atoms. The normalized spacial score (nSPS) is 11.2. The maximum Gasteiger partial charge on any atom is 0.137 e. The maximum atomic E-state index is 10.7. The minimum Gasteiger partial charge on any atom is -0.506 e. The van der Waals surface area contributed by atoms with Crippen molar-refractivity contribution in [3.63, 3.8) is 0 Å².